The molecule has 2 aromatic rings. The summed E-state index contributed by atoms with van der Waals surface area (Å²) in [6.07, 6.45) is 1.01. The van der Waals surface area contributed by atoms with E-state index in [9.17, 15) is 23.7 Å². The lowest BCUT2D eigenvalue weighted by Gasteiger charge is -2.06. The van der Waals surface area contributed by atoms with Crippen LogP contribution < -0.4 is 5.32 Å². The van der Waals surface area contributed by atoms with E-state index >= 15 is 0 Å². The zero-order valence-electron chi connectivity index (χ0n) is 10.8. The normalized spacial score (nSPS) is 10.2. The smallest absolute Gasteiger partial charge is 0.290 e. The van der Waals surface area contributed by atoms with Crippen LogP contribution in [0.4, 0.5) is 20.3 Å². The molecule has 0 radical (unpaired) electrons. The predicted octanol–water partition coefficient (Wildman–Crippen LogP) is 2.83. The van der Waals surface area contributed by atoms with Crippen molar-refractivity contribution in [3.63, 3.8) is 0 Å². The number of pyridine rings is 1. The number of halogens is 2. The Balaban J connectivity index is 2.21. The molecule has 1 aromatic carbocycles. The molecule has 1 amide bonds. The highest BCUT2D eigenvalue weighted by atomic mass is 19.2. The summed E-state index contributed by atoms with van der Waals surface area (Å²) in [5.74, 6) is -2.83. The van der Waals surface area contributed by atoms with Gasteiger partial charge in [-0.1, -0.05) is 0 Å². The number of nitro groups is 1. The van der Waals surface area contributed by atoms with E-state index in [4.69, 9.17) is 0 Å². The fourth-order valence-corrected chi connectivity index (χ4v) is 1.63. The minimum atomic E-state index is -1.14. The Labute approximate surface area is 117 Å². The molecule has 0 aliphatic heterocycles. The van der Waals surface area contributed by atoms with Gasteiger partial charge in [0.1, 0.15) is 12.0 Å². The van der Waals surface area contributed by atoms with E-state index in [-0.39, 0.29) is 17.1 Å². The number of hydrogen-bond acceptors (Lipinski definition) is 4. The summed E-state index contributed by atoms with van der Waals surface area (Å²) in [6, 6.07) is 4.02. The first kappa shape index (κ1) is 14.5. The van der Waals surface area contributed by atoms with Crippen molar-refractivity contribution in [2.45, 2.75) is 6.92 Å². The van der Waals surface area contributed by atoms with Crippen LogP contribution in [0, 0.1) is 28.7 Å². The van der Waals surface area contributed by atoms with Gasteiger partial charge in [0.2, 0.25) is 0 Å². The van der Waals surface area contributed by atoms with Gasteiger partial charge in [0.15, 0.2) is 11.6 Å². The van der Waals surface area contributed by atoms with Crippen molar-refractivity contribution < 1.29 is 18.5 Å². The van der Waals surface area contributed by atoms with Crippen molar-refractivity contribution in [3.05, 3.63) is 63.3 Å². The number of nitrogens with zero attached hydrogens (tertiary/aromatic N) is 2. The summed E-state index contributed by atoms with van der Waals surface area (Å²) in [5.41, 5.74) is 0.0446. The zero-order valence-corrected chi connectivity index (χ0v) is 10.8. The monoisotopic (exact) mass is 293 g/mol. The number of amides is 1. The molecule has 8 heteroatoms. The lowest BCUT2D eigenvalue weighted by atomic mass is 10.2. The van der Waals surface area contributed by atoms with Gasteiger partial charge in [0.25, 0.3) is 11.6 Å². The lowest BCUT2D eigenvalue weighted by molar-refractivity contribution is -0.385. The Hall–Kier alpha value is -2.90. The zero-order chi connectivity index (χ0) is 15.6. The van der Waals surface area contributed by atoms with Gasteiger partial charge in [-0.25, -0.2) is 13.8 Å². The summed E-state index contributed by atoms with van der Waals surface area (Å²) in [4.78, 5) is 25.6. The average molecular weight is 293 g/mol. The average Bonchev–Trinajstić information content (AvgIpc) is 2.41. The van der Waals surface area contributed by atoms with Crippen molar-refractivity contribution in [1.29, 1.82) is 0 Å². The first-order chi connectivity index (χ1) is 9.88. The summed E-state index contributed by atoms with van der Waals surface area (Å²) < 4.78 is 25.8. The highest BCUT2D eigenvalue weighted by Crippen LogP contribution is 2.19. The SMILES string of the molecule is Cc1cc(NC(=O)c2ccc(F)c(F)c2)ncc1[N+](=O)[O-]. The number of nitrogens with one attached hydrogen (secondary N) is 1. The molecule has 1 N–H and O–H groups in total. The Morgan fingerprint density at radius 3 is 2.57 bits per heavy atom. The maximum atomic E-state index is 13.0. The van der Waals surface area contributed by atoms with E-state index in [0.717, 1.165) is 24.4 Å². The van der Waals surface area contributed by atoms with Crippen LogP contribution in [0.2, 0.25) is 0 Å². The van der Waals surface area contributed by atoms with Crippen LogP contribution in [0.15, 0.2) is 30.5 Å². The molecule has 0 bridgehead atoms. The van der Waals surface area contributed by atoms with Gasteiger partial charge in [-0.2, -0.15) is 0 Å². The van der Waals surface area contributed by atoms with Crippen LogP contribution in [0.3, 0.4) is 0 Å². The maximum Gasteiger partial charge on any atom is 0.290 e. The first-order valence-electron chi connectivity index (χ1n) is 5.76. The van der Waals surface area contributed by atoms with Crippen LogP contribution in [0.25, 0.3) is 0 Å². The highest BCUT2D eigenvalue weighted by Gasteiger charge is 2.14. The molecule has 108 valence electrons. The molecule has 0 saturated carbocycles. The van der Waals surface area contributed by atoms with E-state index in [1.807, 2.05) is 0 Å². The minimum absolute atomic E-state index is 0.0767. The number of benzene rings is 1. The minimum Gasteiger partial charge on any atom is -0.307 e. The van der Waals surface area contributed by atoms with Gasteiger partial charge in [-0.3, -0.25) is 14.9 Å². The second-order valence-electron chi connectivity index (χ2n) is 4.20. The number of hydrogen-bond donors (Lipinski definition) is 1. The number of carbonyl (C=O) groups excluding carboxylic acids is 1. The van der Waals surface area contributed by atoms with Gasteiger partial charge in [-0.05, 0) is 31.2 Å². The van der Waals surface area contributed by atoms with Crippen molar-refractivity contribution in [3.8, 4) is 0 Å². The molecule has 1 aromatic heterocycles. The summed E-state index contributed by atoms with van der Waals surface area (Å²) in [6.45, 7) is 1.49. The molecule has 0 fully saturated rings. The van der Waals surface area contributed by atoms with Gasteiger partial charge in [-0.15, -0.1) is 0 Å². The molecule has 21 heavy (non-hydrogen) atoms. The molecule has 0 spiro atoms. The molecule has 0 unspecified atom stereocenters. The van der Waals surface area contributed by atoms with Crippen LogP contribution in [-0.4, -0.2) is 15.8 Å². The number of aryl methyl sites for hydroxylation is 1. The molecule has 0 atom stereocenters. The third-order valence-electron chi connectivity index (χ3n) is 2.70. The topological polar surface area (TPSA) is 85.1 Å². The molecule has 2 rings (SSSR count). The number of rotatable bonds is 3. The van der Waals surface area contributed by atoms with Crippen LogP contribution in [0.1, 0.15) is 15.9 Å². The Kier molecular flexibility index (Phi) is 3.88. The Morgan fingerprint density at radius 2 is 2.00 bits per heavy atom. The van der Waals surface area contributed by atoms with E-state index < -0.39 is 22.5 Å². The molecular weight excluding hydrogens is 284 g/mol. The second kappa shape index (κ2) is 5.61. The van der Waals surface area contributed by atoms with Gasteiger partial charge >= 0.3 is 0 Å². The van der Waals surface area contributed by atoms with E-state index in [1.54, 1.807) is 0 Å². The van der Waals surface area contributed by atoms with Crippen molar-refractivity contribution in [2.75, 3.05) is 5.32 Å². The first-order valence-corrected chi connectivity index (χ1v) is 5.76. The molecular formula is C13H9F2N3O3. The molecule has 0 aliphatic carbocycles. The highest BCUT2D eigenvalue weighted by molar-refractivity contribution is 6.03. The van der Waals surface area contributed by atoms with E-state index in [0.29, 0.717) is 5.56 Å². The second-order valence-corrected chi connectivity index (χ2v) is 4.20. The Morgan fingerprint density at radius 1 is 1.29 bits per heavy atom. The molecule has 1 heterocycles. The van der Waals surface area contributed by atoms with Crippen LogP contribution >= 0.6 is 0 Å². The standard InChI is InChI=1S/C13H9F2N3O3/c1-7-4-12(16-6-11(7)18(20)21)17-13(19)8-2-3-9(14)10(15)5-8/h2-6H,1H3,(H,16,17,19). The fraction of sp³-hybridized carbons (Fsp3) is 0.0769. The number of aromatic nitrogens is 1. The Bertz CT molecular complexity index is 735. The van der Waals surface area contributed by atoms with E-state index in [1.165, 1.54) is 13.0 Å². The summed E-state index contributed by atoms with van der Waals surface area (Å²) in [5, 5.41) is 13.0. The van der Waals surface area contributed by atoms with Crippen LogP contribution in [0.5, 0.6) is 0 Å². The molecule has 0 saturated heterocycles. The fourth-order valence-electron chi connectivity index (χ4n) is 1.63. The largest absolute Gasteiger partial charge is 0.307 e. The van der Waals surface area contributed by atoms with Gasteiger partial charge in [0.05, 0.1) is 4.92 Å². The van der Waals surface area contributed by atoms with E-state index in [2.05, 4.69) is 10.3 Å². The van der Waals surface area contributed by atoms with Crippen molar-refractivity contribution in [2.24, 2.45) is 0 Å². The van der Waals surface area contributed by atoms with Crippen LogP contribution in [-0.2, 0) is 0 Å². The third-order valence-corrected chi connectivity index (χ3v) is 2.70. The maximum absolute atomic E-state index is 13.0. The van der Waals surface area contributed by atoms with Gasteiger partial charge < -0.3 is 5.32 Å². The lowest BCUT2D eigenvalue weighted by Crippen LogP contribution is -2.13. The summed E-state index contributed by atoms with van der Waals surface area (Å²) in [7, 11) is 0. The van der Waals surface area contributed by atoms with Gasteiger partial charge in [0, 0.05) is 11.1 Å². The predicted molar refractivity (Wildman–Crippen MR) is 69.9 cm³/mol. The number of carbonyl (C=O) groups is 1. The molecule has 6 nitrogen and oxygen atoms in total. The third kappa shape index (κ3) is 3.16. The molecule has 0 aliphatic rings. The van der Waals surface area contributed by atoms with Crippen molar-refractivity contribution >= 4 is 17.4 Å². The number of anilines is 1. The van der Waals surface area contributed by atoms with Crippen molar-refractivity contribution in [1.82, 2.24) is 4.98 Å². The summed E-state index contributed by atoms with van der Waals surface area (Å²) >= 11 is 0. The quantitative estimate of drug-likeness (QED) is 0.696.